The van der Waals surface area contributed by atoms with E-state index in [1.807, 2.05) is 18.4 Å². The maximum absolute atomic E-state index is 10.4. The molecule has 0 saturated carbocycles. The third-order valence-corrected chi connectivity index (χ3v) is 3.90. The average Bonchev–Trinajstić information content (AvgIpc) is 2.18. The number of thioether (sulfide) groups is 2. The van der Waals surface area contributed by atoms with Crippen LogP contribution in [0.5, 0.6) is 0 Å². The quantitative estimate of drug-likeness (QED) is 0.588. The molecule has 0 radical (unpaired) electrons. The van der Waals surface area contributed by atoms with Gasteiger partial charge in [-0.15, -0.1) is 0 Å². The number of rotatable bonds is 4. The second kappa shape index (κ2) is 5.73. The minimum absolute atomic E-state index is 0.846. The number of aldehydes is 1. The molecule has 0 fully saturated rings. The molecule has 0 saturated heterocycles. The van der Waals surface area contributed by atoms with Crippen LogP contribution in [0.1, 0.15) is 0 Å². The molecule has 5 heteroatoms. The minimum atomic E-state index is 0.846. The number of hydrogen-bond donors (Lipinski definition) is 0. The molecular weight excluding hydrogens is 374 g/mol. The molecule has 0 spiro atoms. The summed E-state index contributed by atoms with van der Waals surface area (Å²) in [5, 5.41) is 0.985. The first kappa shape index (κ1) is 11.2. The van der Waals surface area contributed by atoms with Gasteiger partial charge in [0.2, 0.25) is 0 Å². The molecule has 0 N–H and O–H groups in total. The van der Waals surface area contributed by atoms with Gasteiger partial charge in [-0.05, 0) is 0 Å². The average molecular weight is 381 g/mol. The summed E-state index contributed by atoms with van der Waals surface area (Å²) in [6.45, 7) is 0. The molecule has 13 heavy (non-hydrogen) atoms. The molecule has 0 aliphatic rings. The van der Waals surface area contributed by atoms with E-state index in [2.05, 4.69) is 4.98 Å². The molecule has 0 unspecified atom stereocenters. The Balaban J connectivity index is 2.77. The van der Waals surface area contributed by atoms with Crippen molar-refractivity contribution >= 4 is 33.0 Å². The molecule has 0 aromatic carbocycles. The van der Waals surface area contributed by atoms with Crippen molar-refractivity contribution in [1.82, 2.24) is 4.98 Å². The standard InChI is InChI=1S/C8H7NOS2.W/c1-11-8-6-7(2-3-9-8)12-5-4-10;/h2-4,6H,1H3;. The van der Waals surface area contributed by atoms with Crippen molar-refractivity contribution in [3.63, 3.8) is 0 Å². The summed E-state index contributed by atoms with van der Waals surface area (Å²) in [5.74, 6) is 0. The molecular formula is C8H7NOS2W. The van der Waals surface area contributed by atoms with Gasteiger partial charge in [-0.25, -0.2) is 0 Å². The van der Waals surface area contributed by atoms with Crippen molar-refractivity contribution in [2.45, 2.75) is 9.92 Å². The van der Waals surface area contributed by atoms with E-state index in [9.17, 15) is 4.79 Å². The first-order chi connectivity index (χ1) is 6.26. The van der Waals surface area contributed by atoms with Crippen LogP contribution < -0.4 is 0 Å². The van der Waals surface area contributed by atoms with Crippen molar-refractivity contribution in [3.05, 3.63) is 18.3 Å². The SMILES string of the molecule is CSc1cc(S[C](=[W])C=O)ccn1. The third-order valence-electron chi connectivity index (χ3n) is 1.23. The van der Waals surface area contributed by atoms with Crippen molar-refractivity contribution in [2.24, 2.45) is 0 Å². The van der Waals surface area contributed by atoms with Gasteiger partial charge in [-0.3, -0.25) is 0 Å². The van der Waals surface area contributed by atoms with Gasteiger partial charge in [0.25, 0.3) is 0 Å². The zero-order valence-electron chi connectivity index (χ0n) is 6.89. The van der Waals surface area contributed by atoms with Crippen LogP contribution in [0.3, 0.4) is 0 Å². The molecule has 1 aromatic rings. The van der Waals surface area contributed by atoms with Gasteiger partial charge in [-0.1, -0.05) is 0 Å². The Morgan fingerprint density at radius 3 is 3.08 bits per heavy atom. The summed E-state index contributed by atoms with van der Waals surface area (Å²) >= 11 is 4.31. The van der Waals surface area contributed by atoms with Crippen LogP contribution in [0.2, 0.25) is 0 Å². The second-order valence-corrected chi connectivity index (χ2v) is 6.62. The van der Waals surface area contributed by atoms with E-state index in [0.717, 1.165) is 19.4 Å². The number of carbonyl (C=O) groups is 1. The summed E-state index contributed by atoms with van der Waals surface area (Å²) in [4.78, 5) is 15.6. The number of pyridine rings is 1. The Morgan fingerprint density at radius 2 is 2.46 bits per heavy atom. The van der Waals surface area contributed by atoms with Gasteiger partial charge in [0.15, 0.2) is 0 Å². The molecule has 0 aliphatic heterocycles. The van der Waals surface area contributed by atoms with Crippen molar-refractivity contribution in [2.75, 3.05) is 6.26 Å². The van der Waals surface area contributed by atoms with Gasteiger partial charge < -0.3 is 0 Å². The fourth-order valence-electron chi connectivity index (χ4n) is 0.707. The Bertz CT molecular complexity index is 330. The summed E-state index contributed by atoms with van der Waals surface area (Å²) in [6, 6.07) is 3.90. The third kappa shape index (κ3) is 3.75. The van der Waals surface area contributed by atoms with Crippen molar-refractivity contribution < 1.29 is 24.1 Å². The van der Waals surface area contributed by atoms with Gasteiger partial charge in [0.05, 0.1) is 0 Å². The monoisotopic (exact) mass is 381 g/mol. The summed E-state index contributed by atoms with van der Waals surface area (Å²) < 4.78 is 0.846. The Labute approximate surface area is 96.3 Å². The van der Waals surface area contributed by atoms with E-state index < -0.39 is 0 Å². The van der Waals surface area contributed by atoms with Crippen LogP contribution in [0.4, 0.5) is 0 Å². The van der Waals surface area contributed by atoms with E-state index in [0.29, 0.717) is 0 Å². The zero-order valence-corrected chi connectivity index (χ0v) is 11.5. The molecule has 2 nitrogen and oxygen atoms in total. The van der Waals surface area contributed by atoms with Crippen molar-refractivity contribution in [1.29, 1.82) is 0 Å². The van der Waals surface area contributed by atoms with E-state index in [-0.39, 0.29) is 0 Å². The normalized spacial score (nSPS) is 9.62. The molecule has 1 heterocycles. The Kier molecular flexibility index (Phi) is 4.92. The summed E-state index contributed by atoms with van der Waals surface area (Å²) in [6.07, 6.45) is 4.65. The van der Waals surface area contributed by atoms with Gasteiger partial charge in [0, 0.05) is 0 Å². The molecule has 1 rings (SSSR count). The predicted molar refractivity (Wildman–Crippen MR) is 52.9 cm³/mol. The summed E-state index contributed by atoms with van der Waals surface area (Å²) in [5.41, 5.74) is 0. The Morgan fingerprint density at radius 1 is 1.69 bits per heavy atom. The van der Waals surface area contributed by atoms with Crippen LogP contribution in [0.15, 0.2) is 28.3 Å². The fourth-order valence-corrected chi connectivity index (χ4v) is 2.81. The summed E-state index contributed by atoms with van der Waals surface area (Å²) in [7, 11) is 0. The van der Waals surface area contributed by atoms with Crippen LogP contribution in [-0.2, 0) is 24.1 Å². The molecule has 0 amide bonds. The fraction of sp³-hybridized carbons (Fsp3) is 0.125. The van der Waals surface area contributed by atoms with E-state index in [4.69, 9.17) is 0 Å². The Hall–Kier alpha value is 0.0783. The molecule has 68 valence electrons. The van der Waals surface area contributed by atoms with Crippen LogP contribution >= 0.6 is 23.5 Å². The van der Waals surface area contributed by atoms with Crippen LogP contribution in [-0.4, -0.2) is 20.8 Å². The van der Waals surface area contributed by atoms with E-state index >= 15 is 0 Å². The number of aromatic nitrogens is 1. The molecule has 0 aliphatic carbocycles. The molecule has 0 bridgehead atoms. The van der Waals surface area contributed by atoms with Crippen LogP contribution in [0, 0.1) is 0 Å². The first-order valence-corrected chi connectivity index (χ1v) is 6.94. The van der Waals surface area contributed by atoms with Gasteiger partial charge in [0.1, 0.15) is 0 Å². The molecule has 1 aromatic heterocycles. The zero-order chi connectivity index (χ0) is 9.68. The van der Waals surface area contributed by atoms with E-state index in [1.165, 1.54) is 31.1 Å². The van der Waals surface area contributed by atoms with E-state index in [1.54, 1.807) is 18.0 Å². The van der Waals surface area contributed by atoms with Crippen LogP contribution in [0.25, 0.3) is 0 Å². The maximum atomic E-state index is 10.4. The molecule has 0 atom stereocenters. The topological polar surface area (TPSA) is 30.0 Å². The predicted octanol–water partition coefficient (Wildman–Crippen LogP) is 1.77. The van der Waals surface area contributed by atoms with Gasteiger partial charge in [-0.2, -0.15) is 0 Å². The van der Waals surface area contributed by atoms with Gasteiger partial charge >= 0.3 is 96.7 Å². The second-order valence-electron chi connectivity index (χ2n) is 2.07. The number of carbonyl (C=O) groups excluding carboxylic acids is 1. The van der Waals surface area contributed by atoms with Crippen molar-refractivity contribution in [3.8, 4) is 0 Å². The number of hydrogen-bond acceptors (Lipinski definition) is 4. The number of nitrogens with zero attached hydrogens (tertiary/aromatic N) is 1. The first-order valence-electron chi connectivity index (χ1n) is 3.43.